The van der Waals surface area contributed by atoms with E-state index in [0.717, 1.165) is 5.56 Å². The molecule has 1 rings (SSSR count). The molecule has 0 aliphatic heterocycles. The smallest absolute Gasteiger partial charge is 0.350 e. The number of halogens is 3. The summed E-state index contributed by atoms with van der Waals surface area (Å²) in [6.45, 7) is 3.63. The fourth-order valence-corrected chi connectivity index (χ4v) is 1.08. The molecule has 1 aromatic carbocycles. The summed E-state index contributed by atoms with van der Waals surface area (Å²) in [5, 5.41) is 0. The summed E-state index contributed by atoms with van der Waals surface area (Å²) in [6, 6.07) is 7.03. The predicted molar refractivity (Wildman–Crippen MR) is 71.7 cm³/mol. The van der Waals surface area contributed by atoms with Crippen LogP contribution in [0.1, 0.15) is 5.56 Å². The van der Waals surface area contributed by atoms with Gasteiger partial charge in [0.15, 0.2) is 0 Å². The van der Waals surface area contributed by atoms with Crippen LogP contribution in [0.4, 0.5) is 0 Å². The maximum absolute atomic E-state index is 11.4. The molecule has 0 aliphatic rings. The Morgan fingerprint density at radius 2 is 1.80 bits per heavy atom. The molecule has 2 nitrogen and oxygen atoms in total. The number of alkyl halides is 3. The average molecular weight is 399 g/mol. The summed E-state index contributed by atoms with van der Waals surface area (Å²) >= 11 is 9.22. The first kappa shape index (κ1) is 12.9. The highest BCUT2D eigenvalue weighted by Gasteiger charge is 2.30. The van der Waals surface area contributed by atoms with E-state index in [1.807, 2.05) is 12.1 Å². The zero-order valence-corrected chi connectivity index (χ0v) is 12.3. The van der Waals surface area contributed by atoms with Gasteiger partial charge >= 0.3 is 5.97 Å². The van der Waals surface area contributed by atoms with Crippen LogP contribution >= 0.6 is 47.8 Å². The number of hydrogen-bond acceptors (Lipinski definition) is 2. The molecule has 0 saturated heterocycles. The average Bonchev–Trinajstić information content (AvgIpc) is 2.17. The highest BCUT2D eigenvalue weighted by atomic mass is 80.0. The molecule has 0 bridgehead atoms. The lowest BCUT2D eigenvalue weighted by Crippen LogP contribution is -2.23. The second kappa shape index (κ2) is 5.27. The number of carbonyl (C=O) groups excluding carboxylic acids is 1. The molecule has 0 radical (unpaired) electrons. The third-order valence-corrected chi connectivity index (χ3v) is 2.53. The molecular weight excluding hydrogens is 392 g/mol. The lowest BCUT2D eigenvalue weighted by molar-refractivity contribution is -0.132. The third-order valence-electron chi connectivity index (χ3n) is 1.56. The van der Waals surface area contributed by atoms with E-state index < -0.39 is 8.11 Å². The summed E-state index contributed by atoms with van der Waals surface area (Å²) < 4.78 is 4.03. The van der Waals surface area contributed by atoms with Crippen molar-refractivity contribution in [1.82, 2.24) is 0 Å². The predicted octanol–water partition coefficient (Wildman–Crippen LogP) is 4.07. The molecule has 5 heteroatoms. The number of esters is 1. The van der Waals surface area contributed by atoms with E-state index in [1.165, 1.54) is 0 Å². The molecule has 0 heterocycles. The van der Waals surface area contributed by atoms with Gasteiger partial charge in [0.25, 0.3) is 0 Å². The summed E-state index contributed by atoms with van der Waals surface area (Å²) in [5.41, 5.74) is 0.970. The van der Waals surface area contributed by atoms with Gasteiger partial charge in [-0.15, -0.1) is 0 Å². The lowest BCUT2D eigenvalue weighted by Gasteiger charge is -2.11. The molecule has 0 amide bonds. The Morgan fingerprint density at radius 3 is 2.20 bits per heavy atom. The van der Waals surface area contributed by atoms with Crippen molar-refractivity contribution in [1.29, 1.82) is 0 Å². The van der Waals surface area contributed by atoms with Crippen LogP contribution in [0, 0.1) is 0 Å². The SMILES string of the molecule is C=Cc1ccc(OC(=O)C(Br)(Br)Br)cc1. The van der Waals surface area contributed by atoms with Crippen molar-refractivity contribution in [3.63, 3.8) is 0 Å². The zero-order chi connectivity index (χ0) is 11.5. The van der Waals surface area contributed by atoms with Gasteiger partial charge in [0.1, 0.15) is 5.75 Å². The van der Waals surface area contributed by atoms with E-state index in [-0.39, 0.29) is 0 Å². The summed E-state index contributed by atoms with van der Waals surface area (Å²) in [7, 11) is 0. The van der Waals surface area contributed by atoms with Crippen molar-refractivity contribution >= 4 is 59.8 Å². The van der Waals surface area contributed by atoms with E-state index in [9.17, 15) is 4.79 Å². The molecule has 80 valence electrons. The van der Waals surface area contributed by atoms with E-state index in [4.69, 9.17) is 4.74 Å². The van der Waals surface area contributed by atoms with Gasteiger partial charge in [0, 0.05) is 0 Å². The monoisotopic (exact) mass is 396 g/mol. The van der Waals surface area contributed by atoms with Gasteiger partial charge < -0.3 is 4.74 Å². The Balaban J connectivity index is 2.74. The molecular formula is C10H7Br3O2. The van der Waals surface area contributed by atoms with Crippen LogP contribution in [0.2, 0.25) is 0 Å². The summed E-state index contributed by atoms with van der Waals surface area (Å²) in [4.78, 5) is 11.4. The molecule has 15 heavy (non-hydrogen) atoms. The van der Waals surface area contributed by atoms with Crippen LogP contribution < -0.4 is 4.74 Å². The first-order valence-electron chi connectivity index (χ1n) is 3.95. The van der Waals surface area contributed by atoms with Crippen molar-refractivity contribution in [3.8, 4) is 5.75 Å². The highest BCUT2D eigenvalue weighted by molar-refractivity contribution is 9.40. The maximum atomic E-state index is 11.4. The van der Waals surface area contributed by atoms with Crippen molar-refractivity contribution in [3.05, 3.63) is 36.4 Å². The molecule has 0 fully saturated rings. The van der Waals surface area contributed by atoms with Gasteiger partial charge in [-0.1, -0.05) is 24.8 Å². The Kier molecular flexibility index (Phi) is 4.55. The first-order valence-corrected chi connectivity index (χ1v) is 6.33. The van der Waals surface area contributed by atoms with Crippen LogP contribution in [0.15, 0.2) is 30.8 Å². The largest absolute Gasteiger partial charge is 0.424 e. The molecule has 1 aromatic rings. The summed E-state index contributed by atoms with van der Waals surface area (Å²) in [6.07, 6.45) is 1.72. The topological polar surface area (TPSA) is 26.3 Å². The van der Waals surface area contributed by atoms with E-state index in [2.05, 4.69) is 54.4 Å². The molecule has 0 atom stereocenters. The number of hydrogen-bond donors (Lipinski definition) is 0. The van der Waals surface area contributed by atoms with Crippen LogP contribution in [0.5, 0.6) is 5.75 Å². The van der Waals surface area contributed by atoms with E-state index in [1.54, 1.807) is 18.2 Å². The Labute approximate surface area is 113 Å². The van der Waals surface area contributed by atoms with Crippen molar-refractivity contribution in [2.75, 3.05) is 0 Å². The first-order chi connectivity index (χ1) is 6.93. The number of benzene rings is 1. The Hall–Kier alpha value is -0.130. The fourth-order valence-electron chi connectivity index (χ4n) is 0.837. The lowest BCUT2D eigenvalue weighted by atomic mass is 10.2. The minimum absolute atomic E-state index is 0.478. The summed E-state index contributed by atoms with van der Waals surface area (Å²) in [5.74, 6) is 0.00202. The molecule has 0 saturated carbocycles. The third kappa shape index (κ3) is 4.09. The van der Waals surface area contributed by atoms with Gasteiger partial charge in [0.2, 0.25) is 2.14 Å². The second-order valence-electron chi connectivity index (χ2n) is 2.66. The molecule has 0 spiro atoms. The molecule has 0 unspecified atom stereocenters. The minimum Gasteiger partial charge on any atom is -0.424 e. The maximum Gasteiger partial charge on any atom is 0.350 e. The molecule has 0 aromatic heterocycles. The van der Waals surface area contributed by atoms with Gasteiger partial charge in [-0.3, -0.25) is 0 Å². The second-order valence-corrected chi connectivity index (χ2v) is 9.42. The normalized spacial score (nSPS) is 10.9. The van der Waals surface area contributed by atoms with Crippen molar-refractivity contribution in [2.45, 2.75) is 2.14 Å². The van der Waals surface area contributed by atoms with Gasteiger partial charge in [-0.25, -0.2) is 4.79 Å². The van der Waals surface area contributed by atoms with Crippen LogP contribution in [-0.2, 0) is 4.79 Å². The minimum atomic E-state index is -1.04. The number of rotatable bonds is 2. The number of ether oxygens (including phenoxy) is 1. The quantitative estimate of drug-likeness (QED) is 0.426. The Bertz CT molecular complexity index is 365. The standard InChI is InChI=1S/C10H7Br3O2/c1-2-7-3-5-8(6-4-7)15-9(14)10(11,12)13/h2-6H,1H2. The van der Waals surface area contributed by atoms with Gasteiger partial charge in [-0.2, -0.15) is 0 Å². The number of carbonyl (C=O) groups is 1. The van der Waals surface area contributed by atoms with Crippen LogP contribution in [0.25, 0.3) is 6.08 Å². The van der Waals surface area contributed by atoms with Gasteiger partial charge in [-0.05, 0) is 65.5 Å². The molecule has 0 aliphatic carbocycles. The van der Waals surface area contributed by atoms with Gasteiger partial charge in [0.05, 0.1) is 0 Å². The van der Waals surface area contributed by atoms with Crippen molar-refractivity contribution < 1.29 is 9.53 Å². The van der Waals surface area contributed by atoms with E-state index >= 15 is 0 Å². The van der Waals surface area contributed by atoms with Crippen LogP contribution in [0.3, 0.4) is 0 Å². The van der Waals surface area contributed by atoms with E-state index in [0.29, 0.717) is 5.75 Å². The molecule has 0 N–H and O–H groups in total. The highest BCUT2D eigenvalue weighted by Crippen LogP contribution is 2.35. The van der Waals surface area contributed by atoms with Crippen molar-refractivity contribution in [2.24, 2.45) is 0 Å². The van der Waals surface area contributed by atoms with Crippen LogP contribution in [-0.4, -0.2) is 8.11 Å². The Morgan fingerprint density at radius 1 is 1.27 bits per heavy atom. The fraction of sp³-hybridized carbons (Fsp3) is 0.100. The zero-order valence-electron chi connectivity index (χ0n) is 7.54.